The van der Waals surface area contributed by atoms with Gasteiger partial charge in [0.2, 0.25) is 0 Å². The minimum Gasteiger partial charge on any atom is -0.462 e. The molecule has 0 spiro atoms. The number of thiophene rings is 2. The quantitative estimate of drug-likeness (QED) is 0.400. The molecule has 1 atom stereocenters. The van der Waals surface area contributed by atoms with E-state index in [1.165, 1.54) is 20.9 Å². The van der Waals surface area contributed by atoms with Gasteiger partial charge in [-0.3, -0.25) is 4.79 Å². The Morgan fingerprint density at radius 1 is 1.19 bits per heavy atom. The smallest absolute Gasteiger partial charge is 0.338 e. The fourth-order valence-electron chi connectivity index (χ4n) is 3.96. The van der Waals surface area contributed by atoms with Gasteiger partial charge in [-0.25, -0.2) is 4.79 Å². The second kappa shape index (κ2) is 9.88. The van der Waals surface area contributed by atoms with E-state index in [0.29, 0.717) is 30.3 Å². The van der Waals surface area contributed by atoms with Crippen molar-refractivity contribution in [2.24, 2.45) is 5.92 Å². The van der Waals surface area contributed by atoms with Crippen LogP contribution in [0.5, 0.6) is 0 Å². The fourth-order valence-corrected chi connectivity index (χ4v) is 6.21. The van der Waals surface area contributed by atoms with E-state index in [9.17, 15) is 9.59 Å². The molecule has 1 aliphatic rings. The third kappa shape index (κ3) is 4.89. The van der Waals surface area contributed by atoms with E-state index in [1.54, 1.807) is 53.9 Å². The number of benzene rings is 1. The Kier molecular flexibility index (Phi) is 6.96. The number of hydrogen-bond acceptors (Lipinski definition) is 6. The molecule has 5 nitrogen and oxygen atoms in total. The summed E-state index contributed by atoms with van der Waals surface area (Å²) in [6.45, 7) is 7.21. The van der Waals surface area contributed by atoms with Crippen molar-refractivity contribution in [3.63, 3.8) is 0 Å². The molecule has 4 rings (SSSR count). The Bertz CT molecular complexity index is 1110. The highest BCUT2D eigenvalue weighted by Crippen LogP contribution is 2.40. The van der Waals surface area contributed by atoms with Gasteiger partial charge in [0.25, 0.3) is 5.91 Å². The van der Waals surface area contributed by atoms with E-state index < -0.39 is 0 Å². The molecule has 7 heteroatoms. The summed E-state index contributed by atoms with van der Waals surface area (Å²) in [6.07, 6.45) is 3.05. The molecule has 1 amide bonds. The number of carbonyl (C=O) groups is 2. The first-order chi connectivity index (χ1) is 15.5. The maximum absolute atomic E-state index is 13.4. The van der Waals surface area contributed by atoms with Crippen LogP contribution in [0.2, 0.25) is 0 Å². The zero-order chi connectivity index (χ0) is 22.7. The van der Waals surface area contributed by atoms with Crippen molar-refractivity contribution < 1.29 is 14.3 Å². The molecule has 3 aromatic rings. The predicted octanol–water partition coefficient (Wildman–Crippen LogP) is 6.28. The van der Waals surface area contributed by atoms with Gasteiger partial charge in [0.1, 0.15) is 5.00 Å². The molecule has 2 heterocycles. The second-order valence-corrected chi connectivity index (χ2v) is 10.3. The van der Waals surface area contributed by atoms with Crippen LogP contribution in [-0.4, -0.2) is 18.5 Å². The van der Waals surface area contributed by atoms with E-state index in [1.807, 2.05) is 0 Å². The van der Waals surface area contributed by atoms with Gasteiger partial charge < -0.3 is 15.4 Å². The Balaban J connectivity index is 1.56. The van der Waals surface area contributed by atoms with Crippen molar-refractivity contribution in [1.29, 1.82) is 0 Å². The van der Waals surface area contributed by atoms with Crippen LogP contribution in [0, 0.1) is 12.8 Å². The number of fused-ring (bicyclic) bond motifs is 1. The Hall–Kier alpha value is -2.64. The van der Waals surface area contributed by atoms with Crippen LogP contribution in [0.25, 0.3) is 0 Å². The number of rotatable bonds is 7. The van der Waals surface area contributed by atoms with Gasteiger partial charge in [-0.2, -0.15) is 0 Å². The zero-order valence-electron chi connectivity index (χ0n) is 18.6. The minimum atomic E-state index is -0.359. The lowest BCUT2D eigenvalue weighted by Crippen LogP contribution is -2.18. The molecule has 0 fully saturated rings. The first-order valence-electron chi connectivity index (χ1n) is 11.0. The largest absolute Gasteiger partial charge is 0.462 e. The molecular formula is C25H28N2O3S2. The lowest BCUT2D eigenvalue weighted by Gasteiger charge is -2.18. The Labute approximate surface area is 196 Å². The summed E-state index contributed by atoms with van der Waals surface area (Å²) >= 11 is 3.45. The first kappa shape index (κ1) is 22.6. The molecule has 1 aliphatic carbocycles. The molecule has 1 unspecified atom stereocenters. The molecule has 1 aromatic carbocycles. The SMILES string of the molecule is CCOC(=O)c1ccc(NC(=O)c2c(NCc3sccc3C)sc3c2CCC(C)C3)cc1. The van der Waals surface area contributed by atoms with Gasteiger partial charge in [0, 0.05) is 15.4 Å². The van der Waals surface area contributed by atoms with Gasteiger partial charge in [-0.1, -0.05) is 6.92 Å². The Morgan fingerprint density at radius 3 is 2.66 bits per heavy atom. The van der Waals surface area contributed by atoms with Gasteiger partial charge in [0.15, 0.2) is 0 Å². The summed E-state index contributed by atoms with van der Waals surface area (Å²) in [5.74, 6) is 0.174. The fraction of sp³-hybridized carbons (Fsp3) is 0.360. The van der Waals surface area contributed by atoms with Crippen molar-refractivity contribution in [3.8, 4) is 0 Å². The summed E-state index contributed by atoms with van der Waals surface area (Å²) in [7, 11) is 0. The van der Waals surface area contributed by atoms with Crippen LogP contribution in [0.3, 0.4) is 0 Å². The van der Waals surface area contributed by atoms with Crippen LogP contribution < -0.4 is 10.6 Å². The predicted molar refractivity (Wildman–Crippen MR) is 132 cm³/mol. The van der Waals surface area contributed by atoms with Crippen LogP contribution in [0.15, 0.2) is 35.7 Å². The van der Waals surface area contributed by atoms with E-state index in [-0.39, 0.29) is 11.9 Å². The number of carbonyl (C=O) groups excluding carboxylic acids is 2. The number of anilines is 2. The highest BCUT2D eigenvalue weighted by Gasteiger charge is 2.27. The number of hydrogen-bond donors (Lipinski definition) is 2. The Morgan fingerprint density at radius 2 is 1.97 bits per heavy atom. The summed E-state index contributed by atoms with van der Waals surface area (Å²) in [6, 6.07) is 8.96. The van der Waals surface area contributed by atoms with Crippen molar-refractivity contribution in [1.82, 2.24) is 0 Å². The first-order valence-corrected chi connectivity index (χ1v) is 12.7. The van der Waals surface area contributed by atoms with E-state index in [0.717, 1.165) is 29.8 Å². The molecule has 2 aromatic heterocycles. The summed E-state index contributed by atoms with van der Waals surface area (Å²) in [4.78, 5) is 27.8. The molecule has 0 saturated heterocycles. The molecule has 32 heavy (non-hydrogen) atoms. The van der Waals surface area contributed by atoms with Gasteiger partial charge in [0.05, 0.1) is 24.3 Å². The maximum atomic E-state index is 13.4. The van der Waals surface area contributed by atoms with Crippen LogP contribution in [0.1, 0.15) is 61.9 Å². The number of amides is 1. The van der Waals surface area contributed by atoms with E-state index in [4.69, 9.17) is 4.74 Å². The molecular weight excluding hydrogens is 440 g/mol. The molecule has 0 aliphatic heterocycles. The highest BCUT2D eigenvalue weighted by atomic mass is 32.1. The number of aryl methyl sites for hydroxylation is 1. The average Bonchev–Trinajstić information content (AvgIpc) is 3.35. The third-order valence-corrected chi connectivity index (χ3v) is 8.01. The van der Waals surface area contributed by atoms with E-state index >= 15 is 0 Å². The summed E-state index contributed by atoms with van der Waals surface area (Å²) in [5, 5.41) is 9.61. The van der Waals surface area contributed by atoms with Gasteiger partial charge in [-0.15, -0.1) is 22.7 Å². The monoisotopic (exact) mass is 468 g/mol. The normalized spacial score (nSPS) is 15.2. The number of esters is 1. The summed E-state index contributed by atoms with van der Waals surface area (Å²) in [5.41, 5.74) is 4.34. The second-order valence-electron chi connectivity index (χ2n) is 8.19. The van der Waals surface area contributed by atoms with Gasteiger partial charge in [-0.05, 0) is 85.9 Å². The lowest BCUT2D eigenvalue weighted by molar-refractivity contribution is 0.0526. The van der Waals surface area contributed by atoms with Crippen LogP contribution in [-0.2, 0) is 24.1 Å². The highest BCUT2D eigenvalue weighted by molar-refractivity contribution is 7.16. The molecule has 168 valence electrons. The van der Waals surface area contributed by atoms with Crippen molar-refractivity contribution in [3.05, 3.63) is 67.7 Å². The van der Waals surface area contributed by atoms with Crippen molar-refractivity contribution >= 4 is 45.2 Å². The van der Waals surface area contributed by atoms with Crippen molar-refractivity contribution in [2.45, 2.75) is 46.6 Å². The average molecular weight is 469 g/mol. The number of nitrogens with one attached hydrogen (secondary N) is 2. The molecule has 2 N–H and O–H groups in total. The standard InChI is InChI=1S/C25H28N2O3S2/c1-4-30-25(29)17-6-8-18(9-7-17)27-23(28)22-19-10-5-15(2)13-20(19)32-24(22)26-14-21-16(3)11-12-31-21/h6-9,11-12,15,26H,4-5,10,13-14H2,1-3H3,(H,27,28). The maximum Gasteiger partial charge on any atom is 0.338 e. The third-order valence-electron chi connectivity index (χ3n) is 5.77. The summed E-state index contributed by atoms with van der Waals surface area (Å²) < 4.78 is 5.03. The minimum absolute atomic E-state index is 0.105. The molecule has 0 saturated carbocycles. The van der Waals surface area contributed by atoms with Crippen molar-refractivity contribution in [2.75, 3.05) is 17.2 Å². The molecule has 0 radical (unpaired) electrons. The van der Waals surface area contributed by atoms with Crippen LogP contribution in [0.4, 0.5) is 10.7 Å². The molecule has 0 bridgehead atoms. The van der Waals surface area contributed by atoms with Crippen LogP contribution >= 0.6 is 22.7 Å². The van der Waals surface area contributed by atoms with Gasteiger partial charge >= 0.3 is 5.97 Å². The topological polar surface area (TPSA) is 67.4 Å². The zero-order valence-corrected chi connectivity index (χ0v) is 20.3. The lowest BCUT2D eigenvalue weighted by atomic mass is 9.88. The number of ether oxygens (including phenoxy) is 1. The van der Waals surface area contributed by atoms with E-state index in [2.05, 4.69) is 35.9 Å².